The second kappa shape index (κ2) is 7.80. The molecule has 0 atom stereocenters. The van der Waals surface area contributed by atoms with E-state index in [1.54, 1.807) is 18.4 Å². The van der Waals surface area contributed by atoms with E-state index in [-0.39, 0.29) is 16.9 Å². The predicted octanol–water partition coefficient (Wildman–Crippen LogP) is 4.44. The zero-order valence-corrected chi connectivity index (χ0v) is 16.3. The summed E-state index contributed by atoms with van der Waals surface area (Å²) in [5, 5.41) is 6.87. The van der Waals surface area contributed by atoms with Gasteiger partial charge in [-0.1, -0.05) is 26.0 Å². The highest BCUT2D eigenvalue weighted by molar-refractivity contribution is 7.80. The first kappa shape index (κ1) is 18.3. The standard InChI is InChI=1S/C19H19N3O2S2/c1-11(2)17(23)22-19(25)21-14-10-12(8-9-15(14)24-3)18-20-13-6-4-5-7-16(13)26-18/h4-11H,1-3H3,(H2,21,22,23,25). The maximum atomic E-state index is 11.8. The van der Waals surface area contributed by atoms with Crippen molar-refractivity contribution in [1.82, 2.24) is 10.3 Å². The van der Waals surface area contributed by atoms with Gasteiger partial charge in [0.1, 0.15) is 10.8 Å². The van der Waals surface area contributed by atoms with Crippen LogP contribution < -0.4 is 15.4 Å². The molecule has 26 heavy (non-hydrogen) atoms. The average molecular weight is 386 g/mol. The average Bonchev–Trinajstić information content (AvgIpc) is 3.05. The number of nitrogens with one attached hydrogen (secondary N) is 2. The summed E-state index contributed by atoms with van der Waals surface area (Å²) in [5.41, 5.74) is 2.60. The highest BCUT2D eigenvalue weighted by Gasteiger charge is 2.13. The fourth-order valence-electron chi connectivity index (χ4n) is 2.34. The van der Waals surface area contributed by atoms with Crippen molar-refractivity contribution in [3.8, 4) is 16.3 Å². The number of thiazole rings is 1. The van der Waals surface area contributed by atoms with E-state index in [2.05, 4.69) is 21.7 Å². The lowest BCUT2D eigenvalue weighted by Gasteiger charge is -2.14. The molecule has 1 amide bonds. The Morgan fingerprint density at radius 2 is 2.00 bits per heavy atom. The van der Waals surface area contributed by atoms with Crippen LogP contribution in [0.2, 0.25) is 0 Å². The molecule has 5 nitrogen and oxygen atoms in total. The summed E-state index contributed by atoms with van der Waals surface area (Å²) in [5.74, 6) is 0.352. The molecule has 0 aliphatic rings. The number of hydrogen-bond donors (Lipinski definition) is 2. The third-order valence-corrected chi connectivity index (χ3v) is 5.04. The second-order valence-corrected chi connectivity index (χ2v) is 7.44. The number of thiocarbonyl (C=S) groups is 1. The van der Waals surface area contributed by atoms with E-state index >= 15 is 0 Å². The first-order chi connectivity index (χ1) is 12.5. The van der Waals surface area contributed by atoms with Gasteiger partial charge in [-0.3, -0.25) is 4.79 Å². The van der Waals surface area contributed by atoms with E-state index in [1.165, 1.54) is 0 Å². The molecule has 2 aromatic carbocycles. The lowest BCUT2D eigenvalue weighted by molar-refractivity contribution is -0.122. The van der Waals surface area contributed by atoms with Crippen molar-refractivity contribution in [1.29, 1.82) is 0 Å². The van der Waals surface area contributed by atoms with Crippen LogP contribution in [0, 0.1) is 5.92 Å². The number of nitrogens with zero attached hydrogens (tertiary/aromatic N) is 1. The van der Waals surface area contributed by atoms with Gasteiger partial charge in [0, 0.05) is 11.5 Å². The van der Waals surface area contributed by atoms with Crippen molar-refractivity contribution >= 4 is 50.5 Å². The second-order valence-electron chi connectivity index (χ2n) is 6.00. The molecule has 0 fully saturated rings. The van der Waals surface area contributed by atoms with Gasteiger partial charge in [0.05, 0.1) is 23.0 Å². The van der Waals surface area contributed by atoms with Gasteiger partial charge >= 0.3 is 0 Å². The molecule has 1 heterocycles. The highest BCUT2D eigenvalue weighted by Crippen LogP contribution is 2.34. The van der Waals surface area contributed by atoms with Gasteiger partial charge in [-0.05, 0) is 42.5 Å². The molecule has 2 N–H and O–H groups in total. The van der Waals surface area contributed by atoms with E-state index in [0.717, 1.165) is 20.8 Å². The van der Waals surface area contributed by atoms with Gasteiger partial charge < -0.3 is 15.4 Å². The maximum Gasteiger partial charge on any atom is 0.228 e. The first-order valence-corrected chi connectivity index (χ1v) is 9.36. The molecule has 0 saturated carbocycles. The minimum atomic E-state index is -0.147. The Kier molecular flexibility index (Phi) is 5.49. The van der Waals surface area contributed by atoms with Crippen LogP contribution in [0.4, 0.5) is 5.69 Å². The van der Waals surface area contributed by atoms with Crippen LogP contribution in [0.3, 0.4) is 0 Å². The molecular formula is C19H19N3O2S2. The molecule has 0 unspecified atom stereocenters. The van der Waals surface area contributed by atoms with Crippen LogP contribution >= 0.6 is 23.6 Å². The Morgan fingerprint density at radius 1 is 1.23 bits per heavy atom. The van der Waals surface area contributed by atoms with Gasteiger partial charge in [0.25, 0.3) is 0 Å². The highest BCUT2D eigenvalue weighted by atomic mass is 32.1. The molecule has 0 spiro atoms. The fraction of sp³-hybridized carbons (Fsp3) is 0.211. The molecule has 0 saturated heterocycles. The Morgan fingerprint density at radius 3 is 2.69 bits per heavy atom. The fourth-order valence-corrected chi connectivity index (χ4v) is 3.52. The number of para-hydroxylation sites is 1. The third kappa shape index (κ3) is 4.00. The zero-order valence-electron chi connectivity index (χ0n) is 14.7. The molecule has 3 aromatic rings. The number of amides is 1. The van der Waals surface area contributed by atoms with E-state index < -0.39 is 0 Å². The van der Waals surface area contributed by atoms with E-state index in [0.29, 0.717) is 11.4 Å². The summed E-state index contributed by atoms with van der Waals surface area (Å²) in [6, 6.07) is 13.8. The quantitative estimate of drug-likeness (QED) is 0.650. The number of anilines is 1. The lowest BCUT2D eigenvalue weighted by Crippen LogP contribution is -2.36. The van der Waals surface area contributed by atoms with Gasteiger partial charge in [-0.2, -0.15) is 0 Å². The van der Waals surface area contributed by atoms with Gasteiger partial charge in [-0.25, -0.2) is 4.98 Å². The first-order valence-electron chi connectivity index (χ1n) is 8.13. The van der Waals surface area contributed by atoms with Gasteiger partial charge in [0.15, 0.2) is 5.11 Å². The Hall–Kier alpha value is -2.51. The number of ether oxygens (including phenoxy) is 1. The monoisotopic (exact) mass is 385 g/mol. The number of aromatic nitrogens is 1. The van der Waals surface area contributed by atoms with E-state index in [1.807, 2.05) is 50.2 Å². The molecule has 0 radical (unpaired) electrons. The molecular weight excluding hydrogens is 366 g/mol. The normalized spacial score (nSPS) is 10.8. The van der Waals surface area contributed by atoms with Crippen LogP contribution in [0.15, 0.2) is 42.5 Å². The summed E-state index contributed by atoms with van der Waals surface area (Å²) in [6.45, 7) is 3.62. The van der Waals surface area contributed by atoms with E-state index in [4.69, 9.17) is 17.0 Å². The van der Waals surface area contributed by atoms with Gasteiger partial charge in [-0.15, -0.1) is 11.3 Å². The summed E-state index contributed by atoms with van der Waals surface area (Å²) in [7, 11) is 1.59. The topological polar surface area (TPSA) is 63.2 Å². The van der Waals surface area contributed by atoms with Crippen LogP contribution in [-0.4, -0.2) is 23.1 Å². The largest absolute Gasteiger partial charge is 0.495 e. The van der Waals surface area contributed by atoms with Crippen molar-refractivity contribution in [3.05, 3.63) is 42.5 Å². The summed E-state index contributed by atoms with van der Waals surface area (Å²) in [6.07, 6.45) is 0. The molecule has 1 aromatic heterocycles. The van der Waals surface area contributed by atoms with Crippen molar-refractivity contribution in [2.24, 2.45) is 5.92 Å². The number of rotatable bonds is 4. The predicted molar refractivity (Wildman–Crippen MR) is 111 cm³/mol. The summed E-state index contributed by atoms with van der Waals surface area (Å²) >= 11 is 6.86. The third-order valence-electron chi connectivity index (χ3n) is 3.75. The van der Waals surface area contributed by atoms with Crippen molar-refractivity contribution in [3.63, 3.8) is 0 Å². The van der Waals surface area contributed by atoms with Crippen LogP contribution in [0.1, 0.15) is 13.8 Å². The molecule has 0 bridgehead atoms. The SMILES string of the molecule is COc1ccc(-c2nc3ccccc3s2)cc1NC(=S)NC(=O)C(C)C. The van der Waals surface area contributed by atoms with Crippen molar-refractivity contribution < 1.29 is 9.53 Å². The molecule has 134 valence electrons. The maximum absolute atomic E-state index is 11.8. The molecule has 7 heteroatoms. The number of benzene rings is 2. The minimum absolute atomic E-state index is 0.135. The van der Waals surface area contributed by atoms with Crippen LogP contribution in [0.5, 0.6) is 5.75 Å². The number of carbonyl (C=O) groups is 1. The smallest absolute Gasteiger partial charge is 0.228 e. The molecule has 3 rings (SSSR count). The Labute approximate surface area is 161 Å². The molecule has 0 aliphatic carbocycles. The molecule has 0 aliphatic heterocycles. The summed E-state index contributed by atoms with van der Waals surface area (Å²) < 4.78 is 6.53. The van der Waals surface area contributed by atoms with Crippen LogP contribution in [0.25, 0.3) is 20.8 Å². The number of hydrogen-bond acceptors (Lipinski definition) is 5. The lowest BCUT2D eigenvalue weighted by atomic mass is 10.2. The minimum Gasteiger partial charge on any atom is -0.495 e. The van der Waals surface area contributed by atoms with Gasteiger partial charge in [0.2, 0.25) is 5.91 Å². The van der Waals surface area contributed by atoms with Crippen molar-refractivity contribution in [2.75, 3.05) is 12.4 Å². The van der Waals surface area contributed by atoms with Crippen LogP contribution in [-0.2, 0) is 4.79 Å². The number of carbonyl (C=O) groups excluding carboxylic acids is 1. The number of methoxy groups -OCH3 is 1. The van der Waals surface area contributed by atoms with E-state index in [9.17, 15) is 4.79 Å². The number of fused-ring (bicyclic) bond motifs is 1. The Balaban J connectivity index is 1.88. The van der Waals surface area contributed by atoms with Crippen molar-refractivity contribution in [2.45, 2.75) is 13.8 Å². The zero-order chi connectivity index (χ0) is 18.7. The Bertz CT molecular complexity index is 933. The summed E-state index contributed by atoms with van der Waals surface area (Å²) in [4.78, 5) is 16.5.